The molecule has 2 fully saturated rings. The van der Waals surface area contributed by atoms with Gasteiger partial charge in [-0.25, -0.2) is 0 Å². The minimum absolute atomic E-state index is 0.161. The largest absolute Gasteiger partial charge is 0.379 e. The molecule has 0 aromatic heterocycles. The van der Waals surface area contributed by atoms with E-state index in [1.807, 2.05) is 18.2 Å². The Morgan fingerprint density at radius 3 is 2.59 bits per heavy atom. The minimum Gasteiger partial charge on any atom is -0.379 e. The number of hydrogen-bond acceptors (Lipinski definition) is 4. The molecule has 1 aliphatic carbocycles. The van der Waals surface area contributed by atoms with Gasteiger partial charge in [0.2, 0.25) is 5.91 Å². The van der Waals surface area contributed by atoms with Crippen molar-refractivity contribution in [1.82, 2.24) is 15.5 Å². The highest BCUT2D eigenvalue weighted by molar-refractivity contribution is 5.92. The second-order valence-corrected chi connectivity index (χ2v) is 9.29. The molecule has 2 aliphatic rings. The standard InChI is InChI=1S/C25H41N5O2/c1-19(2)23(30-12-14-32-15-13-30)18-28-25(26-3)27-17-20-8-7-11-22(16-20)29-24(31)21-9-5-4-6-10-21/h7-8,11,16,19,21,23H,4-6,9-10,12-15,17-18H2,1-3H3,(H,29,31)(H2,26,27,28). The number of morpholine rings is 1. The summed E-state index contributed by atoms with van der Waals surface area (Å²) in [5.41, 5.74) is 1.98. The van der Waals surface area contributed by atoms with Gasteiger partial charge in [0.05, 0.1) is 13.2 Å². The lowest BCUT2D eigenvalue weighted by molar-refractivity contribution is -0.120. The van der Waals surface area contributed by atoms with Crippen LogP contribution in [0.25, 0.3) is 0 Å². The van der Waals surface area contributed by atoms with Crippen LogP contribution in [0, 0.1) is 11.8 Å². The second-order valence-electron chi connectivity index (χ2n) is 9.29. The molecule has 1 aromatic rings. The van der Waals surface area contributed by atoms with Gasteiger partial charge in [0.15, 0.2) is 5.96 Å². The van der Waals surface area contributed by atoms with Crippen LogP contribution in [0.15, 0.2) is 29.3 Å². The number of nitrogens with zero attached hydrogens (tertiary/aromatic N) is 2. The van der Waals surface area contributed by atoms with Gasteiger partial charge in [-0.3, -0.25) is 14.7 Å². The Labute approximate surface area is 193 Å². The first-order chi connectivity index (χ1) is 15.6. The average molecular weight is 444 g/mol. The van der Waals surface area contributed by atoms with Crippen LogP contribution in [0.2, 0.25) is 0 Å². The molecule has 7 nitrogen and oxygen atoms in total. The van der Waals surface area contributed by atoms with E-state index in [0.717, 1.165) is 75.7 Å². The van der Waals surface area contributed by atoms with Gasteiger partial charge in [0.25, 0.3) is 0 Å². The average Bonchev–Trinajstić information content (AvgIpc) is 2.82. The summed E-state index contributed by atoms with van der Waals surface area (Å²) in [6.45, 7) is 9.61. The molecule has 1 atom stereocenters. The third-order valence-corrected chi connectivity index (χ3v) is 6.62. The number of carbonyl (C=O) groups excluding carboxylic acids is 1. The smallest absolute Gasteiger partial charge is 0.227 e. The Morgan fingerprint density at radius 1 is 1.16 bits per heavy atom. The number of rotatable bonds is 8. The minimum atomic E-state index is 0.161. The number of carbonyl (C=O) groups is 1. The van der Waals surface area contributed by atoms with Crippen LogP contribution in [0.4, 0.5) is 5.69 Å². The molecule has 1 aromatic carbocycles. The highest BCUT2D eigenvalue weighted by atomic mass is 16.5. The summed E-state index contributed by atoms with van der Waals surface area (Å²) in [4.78, 5) is 19.5. The first-order valence-corrected chi connectivity index (χ1v) is 12.2. The summed E-state index contributed by atoms with van der Waals surface area (Å²) in [7, 11) is 1.80. The number of anilines is 1. The summed E-state index contributed by atoms with van der Waals surface area (Å²) in [5, 5.41) is 10.0. The van der Waals surface area contributed by atoms with Crippen LogP contribution in [0.1, 0.15) is 51.5 Å². The predicted molar refractivity (Wildman–Crippen MR) is 131 cm³/mol. The molecule has 1 heterocycles. The van der Waals surface area contributed by atoms with Gasteiger partial charge < -0.3 is 20.7 Å². The summed E-state index contributed by atoms with van der Waals surface area (Å²) in [5.74, 6) is 1.66. The van der Waals surface area contributed by atoms with E-state index in [1.54, 1.807) is 7.05 Å². The number of hydrogen-bond donors (Lipinski definition) is 3. The molecular weight excluding hydrogens is 402 g/mol. The van der Waals surface area contributed by atoms with Crippen molar-refractivity contribution >= 4 is 17.6 Å². The molecule has 1 saturated heterocycles. The first-order valence-electron chi connectivity index (χ1n) is 12.2. The molecule has 1 amide bonds. The molecule has 0 radical (unpaired) electrons. The molecule has 1 unspecified atom stereocenters. The van der Waals surface area contributed by atoms with E-state index < -0.39 is 0 Å². The van der Waals surface area contributed by atoms with Gasteiger partial charge in [-0.1, -0.05) is 45.2 Å². The maximum Gasteiger partial charge on any atom is 0.227 e. The number of amides is 1. The van der Waals surface area contributed by atoms with Crippen molar-refractivity contribution in [2.75, 3.05) is 45.2 Å². The SMILES string of the molecule is CN=C(NCc1cccc(NC(=O)C2CCCCC2)c1)NCC(C(C)C)N1CCOCC1. The van der Waals surface area contributed by atoms with E-state index >= 15 is 0 Å². The molecule has 32 heavy (non-hydrogen) atoms. The highest BCUT2D eigenvalue weighted by Crippen LogP contribution is 2.25. The number of nitrogens with one attached hydrogen (secondary N) is 3. The highest BCUT2D eigenvalue weighted by Gasteiger charge is 2.24. The molecule has 3 rings (SSSR count). The van der Waals surface area contributed by atoms with Crippen molar-refractivity contribution in [2.24, 2.45) is 16.8 Å². The number of ether oxygens (including phenoxy) is 1. The van der Waals surface area contributed by atoms with Crippen LogP contribution in [-0.4, -0.2) is 62.7 Å². The maximum atomic E-state index is 12.6. The fraction of sp³-hybridized carbons (Fsp3) is 0.680. The van der Waals surface area contributed by atoms with Crippen molar-refractivity contribution in [1.29, 1.82) is 0 Å². The van der Waals surface area contributed by atoms with Crippen LogP contribution in [0.5, 0.6) is 0 Å². The Morgan fingerprint density at radius 2 is 1.91 bits per heavy atom. The first kappa shape index (κ1) is 24.5. The van der Waals surface area contributed by atoms with Gasteiger partial charge in [0, 0.05) is 50.9 Å². The molecule has 178 valence electrons. The van der Waals surface area contributed by atoms with Crippen LogP contribution < -0.4 is 16.0 Å². The summed E-state index contributed by atoms with van der Waals surface area (Å²) >= 11 is 0. The van der Waals surface area contributed by atoms with Crippen LogP contribution in [0.3, 0.4) is 0 Å². The fourth-order valence-electron chi connectivity index (χ4n) is 4.67. The van der Waals surface area contributed by atoms with Crippen molar-refractivity contribution in [2.45, 2.75) is 58.5 Å². The Hall–Kier alpha value is -2.12. The van der Waals surface area contributed by atoms with E-state index in [-0.39, 0.29) is 11.8 Å². The Balaban J connectivity index is 1.48. The number of aliphatic imine (C=N–C) groups is 1. The summed E-state index contributed by atoms with van der Waals surface area (Å²) in [6.07, 6.45) is 5.60. The van der Waals surface area contributed by atoms with E-state index in [0.29, 0.717) is 18.5 Å². The molecule has 1 saturated carbocycles. The van der Waals surface area contributed by atoms with Crippen molar-refractivity contribution < 1.29 is 9.53 Å². The molecule has 0 bridgehead atoms. The van der Waals surface area contributed by atoms with E-state index in [1.165, 1.54) is 6.42 Å². The monoisotopic (exact) mass is 443 g/mol. The van der Waals surface area contributed by atoms with E-state index in [9.17, 15) is 4.79 Å². The quantitative estimate of drug-likeness (QED) is 0.425. The van der Waals surface area contributed by atoms with Crippen molar-refractivity contribution in [3.05, 3.63) is 29.8 Å². The molecule has 0 spiro atoms. The van der Waals surface area contributed by atoms with Gasteiger partial charge in [0.1, 0.15) is 0 Å². The normalized spacial score (nSPS) is 19.6. The van der Waals surface area contributed by atoms with Crippen molar-refractivity contribution in [3.63, 3.8) is 0 Å². The zero-order valence-corrected chi connectivity index (χ0v) is 20.0. The summed E-state index contributed by atoms with van der Waals surface area (Å²) in [6, 6.07) is 8.52. The fourth-order valence-corrected chi connectivity index (χ4v) is 4.67. The Bertz CT molecular complexity index is 740. The van der Waals surface area contributed by atoms with Gasteiger partial charge in [-0.15, -0.1) is 0 Å². The van der Waals surface area contributed by atoms with Crippen LogP contribution in [-0.2, 0) is 16.1 Å². The number of benzene rings is 1. The summed E-state index contributed by atoms with van der Waals surface area (Å²) < 4.78 is 5.51. The lowest BCUT2D eigenvalue weighted by atomic mass is 9.88. The molecule has 7 heteroatoms. The number of guanidine groups is 1. The van der Waals surface area contributed by atoms with Gasteiger partial charge >= 0.3 is 0 Å². The van der Waals surface area contributed by atoms with E-state index in [2.05, 4.69) is 45.8 Å². The van der Waals surface area contributed by atoms with Gasteiger partial charge in [-0.05, 0) is 36.5 Å². The zero-order chi connectivity index (χ0) is 22.8. The van der Waals surface area contributed by atoms with Gasteiger partial charge in [-0.2, -0.15) is 0 Å². The molecule has 1 aliphatic heterocycles. The zero-order valence-electron chi connectivity index (χ0n) is 20.0. The topological polar surface area (TPSA) is 78.0 Å². The third kappa shape index (κ3) is 7.48. The Kier molecular flexibility index (Phi) is 9.81. The molecule has 3 N–H and O–H groups in total. The second kappa shape index (κ2) is 12.8. The third-order valence-electron chi connectivity index (χ3n) is 6.62. The lowest BCUT2D eigenvalue weighted by Gasteiger charge is -2.37. The predicted octanol–water partition coefficient (Wildman–Crippen LogP) is 3.23. The molecular formula is C25H41N5O2. The van der Waals surface area contributed by atoms with E-state index in [4.69, 9.17) is 4.74 Å². The van der Waals surface area contributed by atoms with Crippen LogP contribution >= 0.6 is 0 Å². The lowest BCUT2D eigenvalue weighted by Crippen LogP contribution is -2.52. The van der Waals surface area contributed by atoms with Crippen molar-refractivity contribution in [3.8, 4) is 0 Å². The maximum absolute atomic E-state index is 12.6.